The molecular formula is C11H16I2N10O2. The van der Waals surface area contributed by atoms with E-state index >= 15 is 0 Å². The molecule has 0 aliphatic rings. The van der Waals surface area contributed by atoms with Crippen molar-refractivity contribution in [2.45, 2.75) is 0 Å². The van der Waals surface area contributed by atoms with Crippen molar-refractivity contribution in [2.75, 3.05) is 29.6 Å². The number of rotatable bonds is 1. The lowest BCUT2D eigenvalue weighted by molar-refractivity contribution is 0.929. The summed E-state index contributed by atoms with van der Waals surface area (Å²) in [6.07, 6.45) is 1.52. The molecule has 0 radical (unpaired) electrons. The predicted octanol–water partition coefficient (Wildman–Crippen LogP) is -0.0138. The van der Waals surface area contributed by atoms with Crippen molar-refractivity contribution in [2.24, 2.45) is 7.05 Å². The van der Waals surface area contributed by atoms with Gasteiger partial charge in [0, 0.05) is 51.3 Å². The molecule has 0 aromatic carbocycles. The number of aryl methyl sites for hydroxylation is 1. The molecule has 0 spiro atoms. The minimum Gasteiger partial charge on any atom is -0.391 e. The fraction of sp³-hybridized carbons (Fsp3) is 0.182. The number of aromatic amines is 2. The second-order valence-electron chi connectivity index (χ2n) is 4.44. The fourth-order valence-corrected chi connectivity index (χ4v) is 1.72. The highest BCUT2D eigenvalue weighted by Gasteiger charge is 2.05. The van der Waals surface area contributed by atoms with Crippen LogP contribution in [0.15, 0.2) is 15.9 Å². The van der Waals surface area contributed by atoms with Gasteiger partial charge >= 0.3 is 0 Å². The van der Waals surface area contributed by atoms with Crippen LogP contribution in [-0.4, -0.2) is 36.5 Å². The van der Waals surface area contributed by atoms with E-state index < -0.39 is 5.56 Å². The van der Waals surface area contributed by atoms with Gasteiger partial charge in [-0.25, -0.2) is 4.98 Å². The van der Waals surface area contributed by atoms with E-state index in [1.54, 1.807) is 18.7 Å². The van der Waals surface area contributed by atoms with Crippen LogP contribution >= 0.6 is 37.2 Å². The smallest absolute Gasteiger partial charge is 0.280 e. The van der Waals surface area contributed by atoms with Gasteiger partial charge in [-0.1, -0.05) is 0 Å². The van der Waals surface area contributed by atoms with E-state index in [0.717, 1.165) is 0 Å². The number of halogens is 2. The average Bonchev–Trinajstić information content (AvgIpc) is 2.95. The molecule has 136 valence electrons. The molecule has 14 heteroatoms. The highest BCUT2D eigenvalue weighted by Crippen LogP contribution is 2.07. The third kappa shape index (κ3) is 5.18. The summed E-state index contributed by atoms with van der Waals surface area (Å²) < 4.78 is 1.64. The molecule has 3 aromatic rings. The SMILES string of the molecule is CNc1nc(N)[nH]c(=O)c1N.Cn1cnc2c(=O)[nH]c(N)nc21.II. The number of fused-ring (bicyclic) bond motifs is 1. The molecule has 0 bridgehead atoms. The lowest BCUT2D eigenvalue weighted by atomic mass is 10.5. The van der Waals surface area contributed by atoms with Crippen molar-refractivity contribution in [1.29, 1.82) is 0 Å². The van der Waals surface area contributed by atoms with Gasteiger partial charge in [0.15, 0.2) is 17.0 Å². The highest BCUT2D eigenvalue weighted by atomic mass is 128. The topological polar surface area (TPSA) is 199 Å². The summed E-state index contributed by atoms with van der Waals surface area (Å²) in [6, 6.07) is 0. The van der Waals surface area contributed by atoms with Crippen molar-refractivity contribution >= 4 is 71.8 Å². The monoisotopic (exact) mass is 574 g/mol. The Morgan fingerprint density at radius 2 is 1.64 bits per heavy atom. The summed E-state index contributed by atoms with van der Waals surface area (Å²) in [7, 11) is 3.36. The van der Waals surface area contributed by atoms with Crippen LogP contribution < -0.4 is 33.6 Å². The lowest BCUT2D eigenvalue weighted by Crippen LogP contribution is -2.17. The van der Waals surface area contributed by atoms with Gasteiger partial charge in [-0.3, -0.25) is 19.6 Å². The van der Waals surface area contributed by atoms with E-state index in [4.69, 9.17) is 17.2 Å². The number of aromatic nitrogens is 6. The van der Waals surface area contributed by atoms with Crippen LogP contribution in [0.5, 0.6) is 0 Å². The van der Waals surface area contributed by atoms with Crippen molar-refractivity contribution in [1.82, 2.24) is 29.5 Å². The second-order valence-corrected chi connectivity index (χ2v) is 4.44. The first-order valence-corrected chi connectivity index (χ1v) is 12.8. The van der Waals surface area contributed by atoms with Crippen LogP contribution in [0.3, 0.4) is 0 Å². The molecule has 3 aromatic heterocycles. The van der Waals surface area contributed by atoms with Gasteiger partial charge in [0.1, 0.15) is 5.69 Å². The zero-order chi connectivity index (χ0) is 19.1. The Morgan fingerprint density at radius 1 is 1.08 bits per heavy atom. The Kier molecular flexibility index (Phi) is 7.87. The molecule has 0 saturated heterocycles. The van der Waals surface area contributed by atoms with Crippen molar-refractivity contribution in [3.05, 3.63) is 27.0 Å². The molecule has 0 aliphatic carbocycles. The van der Waals surface area contributed by atoms with Crippen LogP contribution in [0, 0.1) is 0 Å². The summed E-state index contributed by atoms with van der Waals surface area (Å²) in [6.45, 7) is 0. The maximum atomic E-state index is 11.2. The third-order valence-corrected chi connectivity index (χ3v) is 2.80. The molecule has 25 heavy (non-hydrogen) atoms. The third-order valence-electron chi connectivity index (χ3n) is 2.80. The first kappa shape index (κ1) is 20.9. The minimum absolute atomic E-state index is 0.0432. The first-order valence-electron chi connectivity index (χ1n) is 6.47. The van der Waals surface area contributed by atoms with Gasteiger partial charge in [-0.2, -0.15) is 9.97 Å². The Bertz CT molecular complexity index is 964. The van der Waals surface area contributed by atoms with Gasteiger partial charge < -0.3 is 27.1 Å². The molecule has 9 N–H and O–H groups in total. The first-order chi connectivity index (χ1) is 11.8. The lowest BCUT2D eigenvalue weighted by Gasteiger charge is -2.02. The van der Waals surface area contributed by atoms with Gasteiger partial charge in [0.25, 0.3) is 11.1 Å². The summed E-state index contributed by atoms with van der Waals surface area (Å²) >= 11 is 4.24. The van der Waals surface area contributed by atoms with Crippen LogP contribution in [0.4, 0.5) is 23.4 Å². The number of hydrogen-bond acceptors (Lipinski definition) is 9. The van der Waals surface area contributed by atoms with Gasteiger partial charge in [0.2, 0.25) is 11.9 Å². The number of nitrogen functional groups attached to an aromatic ring is 3. The van der Waals surface area contributed by atoms with Gasteiger partial charge in [-0.05, 0) is 0 Å². The summed E-state index contributed by atoms with van der Waals surface area (Å²) in [4.78, 5) is 38.2. The Morgan fingerprint density at radius 3 is 2.24 bits per heavy atom. The predicted molar refractivity (Wildman–Crippen MR) is 115 cm³/mol. The van der Waals surface area contributed by atoms with Crippen molar-refractivity contribution in [3.63, 3.8) is 0 Å². The Labute approximate surface area is 164 Å². The molecule has 3 rings (SSSR count). The quantitative estimate of drug-likeness (QED) is 0.216. The fourth-order valence-electron chi connectivity index (χ4n) is 1.72. The van der Waals surface area contributed by atoms with Crippen LogP contribution in [0.2, 0.25) is 0 Å². The van der Waals surface area contributed by atoms with Crippen molar-refractivity contribution < 1.29 is 0 Å². The zero-order valence-electron chi connectivity index (χ0n) is 13.2. The molecule has 0 amide bonds. The van der Waals surface area contributed by atoms with Crippen LogP contribution in [0.25, 0.3) is 11.2 Å². The molecule has 12 nitrogen and oxygen atoms in total. The number of anilines is 4. The molecule has 0 aliphatic heterocycles. The van der Waals surface area contributed by atoms with E-state index in [1.165, 1.54) is 6.33 Å². The second kappa shape index (κ2) is 9.39. The molecule has 0 unspecified atom stereocenters. The normalized spacial score (nSPS) is 9.60. The average molecular weight is 574 g/mol. The minimum atomic E-state index is -0.429. The van der Waals surface area contributed by atoms with Crippen LogP contribution in [-0.2, 0) is 7.05 Å². The number of nitrogens with zero attached hydrogens (tertiary/aromatic N) is 4. The number of nitrogens with two attached hydrogens (primary N) is 3. The number of hydrogen-bond donors (Lipinski definition) is 6. The Hall–Kier alpha value is -2.11. The molecule has 0 saturated carbocycles. The van der Waals surface area contributed by atoms with E-state index in [2.05, 4.69) is 67.5 Å². The van der Waals surface area contributed by atoms with Gasteiger partial charge in [0.05, 0.1) is 6.33 Å². The summed E-state index contributed by atoms with van der Waals surface area (Å²) in [5.41, 5.74) is 16.0. The zero-order valence-corrected chi connectivity index (χ0v) is 17.5. The summed E-state index contributed by atoms with van der Waals surface area (Å²) in [5, 5.41) is 2.64. The number of H-pyrrole nitrogens is 2. The largest absolute Gasteiger partial charge is 0.391 e. The van der Waals surface area contributed by atoms with Crippen LogP contribution in [0.1, 0.15) is 0 Å². The van der Waals surface area contributed by atoms with E-state index in [0.29, 0.717) is 17.0 Å². The number of imidazole rings is 1. The standard InChI is InChI=1S/C6H7N5O.C5H9N5O.I2/c1-11-2-8-3-4(11)9-6(7)10-5(3)12;1-8-3-2(6)4(11)10-5(7)9-3;1-2/h2H,1H3,(H3,7,9,10,12);6H2,1H3,(H4,7,8,9,10,11);. The molecule has 0 fully saturated rings. The number of nitrogens with one attached hydrogen (secondary N) is 3. The molecule has 3 heterocycles. The molecule has 0 atom stereocenters. The van der Waals surface area contributed by atoms with E-state index in [-0.39, 0.29) is 23.1 Å². The highest BCUT2D eigenvalue weighted by molar-refractivity contribution is 15.0. The Balaban J connectivity index is 0.000000229. The van der Waals surface area contributed by atoms with E-state index in [1.807, 2.05) is 0 Å². The maximum Gasteiger partial charge on any atom is 0.280 e. The van der Waals surface area contributed by atoms with Gasteiger partial charge in [-0.15, -0.1) is 0 Å². The molecular weight excluding hydrogens is 558 g/mol. The van der Waals surface area contributed by atoms with Crippen molar-refractivity contribution in [3.8, 4) is 0 Å². The maximum absolute atomic E-state index is 11.2. The summed E-state index contributed by atoms with van der Waals surface area (Å²) in [5.74, 6) is 0.455. The van der Waals surface area contributed by atoms with E-state index in [9.17, 15) is 9.59 Å².